The van der Waals surface area contributed by atoms with E-state index in [0.29, 0.717) is 6.10 Å². The van der Waals surface area contributed by atoms with Crippen LogP contribution in [-0.2, 0) is 4.74 Å². The van der Waals surface area contributed by atoms with Gasteiger partial charge >= 0.3 is 0 Å². The van der Waals surface area contributed by atoms with Crippen LogP contribution in [0.5, 0.6) is 0 Å². The zero-order valence-electron chi connectivity index (χ0n) is 6.34. The molecule has 1 heterocycles. The molecule has 0 fully saturated rings. The fourth-order valence-corrected chi connectivity index (χ4v) is 0.919. The third-order valence-corrected chi connectivity index (χ3v) is 1.55. The fraction of sp³-hybridized carbons (Fsp3) is 0.625. The summed E-state index contributed by atoms with van der Waals surface area (Å²) in [6.45, 7) is 6.56. The van der Waals surface area contributed by atoms with Crippen molar-refractivity contribution < 1.29 is 4.74 Å². The summed E-state index contributed by atoms with van der Waals surface area (Å²) in [7, 11) is 0. The van der Waals surface area contributed by atoms with Gasteiger partial charge in [-0.1, -0.05) is 13.0 Å². The Balaban J connectivity index is 2.31. The number of hydrogen-bond acceptors (Lipinski definition) is 2. The minimum absolute atomic E-state index is 0.329. The molecule has 0 spiro atoms. The lowest BCUT2D eigenvalue weighted by Gasteiger charge is -2.05. The van der Waals surface area contributed by atoms with Gasteiger partial charge in [0, 0.05) is 6.42 Å². The third-order valence-electron chi connectivity index (χ3n) is 1.55. The molecule has 0 aliphatic carbocycles. The van der Waals surface area contributed by atoms with Crippen molar-refractivity contribution in [2.24, 2.45) is 4.99 Å². The summed E-state index contributed by atoms with van der Waals surface area (Å²) in [5.74, 6) is 0.849. The molecule has 0 aromatic carbocycles. The molecule has 2 heteroatoms. The fourth-order valence-electron chi connectivity index (χ4n) is 0.919. The first-order valence-corrected chi connectivity index (χ1v) is 3.67. The highest BCUT2D eigenvalue weighted by atomic mass is 16.5. The smallest absolute Gasteiger partial charge is 0.187 e. The van der Waals surface area contributed by atoms with Gasteiger partial charge in [-0.05, 0) is 6.42 Å². The minimum Gasteiger partial charge on any atom is -0.476 e. The highest BCUT2D eigenvalue weighted by Crippen LogP contribution is 2.09. The number of rotatable bonds is 3. The van der Waals surface area contributed by atoms with Crippen molar-refractivity contribution in [3.63, 3.8) is 0 Å². The van der Waals surface area contributed by atoms with Gasteiger partial charge in [-0.3, -0.25) is 4.99 Å². The van der Waals surface area contributed by atoms with E-state index in [9.17, 15) is 0 Å². The lowest BCUT2D eigenvalue weighted by Crippen LogP contribution is -2.10. The molecule has 1 aliphatic rings. The number of hydrogen-bond donors (Lipinski definition) is 0. The molecule has 2 nitrogen and oxygen atoms in total. The topological polar surface area (TPSA) is 21.6 Å². The minimum atomic E-state index is 0.329. The second-order valence-electron chi connectivity index (χ2n) is 2.38. The molecular formula is C8H13NO. The van der Waals surface area contributed by atoms with Crippen LogP contribution in [-0.4, -0.2) is 18.5 Å². The zero-order chi connectivity index (χ0) is 7.40. The van der Waals surface area contributed by atoms with Gasteiger partial charge in [0.1, 0.15) is 6.10 Å². The van der Waals surface area contributed by atoms with E-state index >= 15 is 0 Å². The average Bonchev–Trinajstić information content (AvgIpc) is 2.37. The average molecular weight is 139 g/mol. The van der Waals surface area contributed by atoms with Gasteiger partial charge in [-0.2, -0.15) is 0 Å². The maximum Gasteiger partial charge on any atom is 0.187 e. The molecule has 0 aromatic rings. The number of aliphatic imine (C=N–C) groups is 1. The molecule has 1 atom stereocenters. The summed E-state index contributed by atoms with van der Waals surface area (Å²) in [6.07, 6.45) is 3.97. The van der Waals surface area contributed by atoms with E-state index in [4.69, 9.17) is 4.74 Å². The van der Waals surface area contributed by atoms with Gasteiger partial charge in [-0.15, -0.1) is 6.58 Å². The highest BCUT2D eigenvalue weighted by molar-refractivity contribution is 5.78. The first-order valence-electron chi connectivity index (χ1n) is 3.67. The molecule has 0 N–H and O–H groups in total. The Labute approximate surface area is 61.6 Å². The molecular weight excluding hydrogens is 126 g/mol. The molecule has 0 saturated carbocycles. The molecule has 1 rings (SSSR count). The van der Waals surface area contributed by atoms with Crippen molar-refractivity contribution in [1.82, 2.24) is 0 Å². The molecule has 56 valence electrons. The van der Waals surface area contributed by atoms with Crippen LogP contribution in [0.25, 0.3) is 0 Å². The van der Waals surface area contributed by atoms with Crippen molar-refractivity contribution >= 4 is 5.90 Å². The van der Waals surface area contributed by atoms with E-state index in [1.165, 1.54) is 0 Å². The Kier molecular flexibility index (Phi) is 2.49. The summed E-state index contributed by atoms with van der Waals surface area (Å²) in [4.78, 5) is 4.20. The van der Waals surface area contributed by atoms with Crippen LogP contribution >= 0.6 is 0 Å². The van der Waals surface area contributed by atoms with E-state index < -0.39 is 0 Å². The van der Waals surface area contributed by atoms with E-state index in [2.05, 4.69) is 18.5 Å². The van der Waals surface area contributed by atoms with E-state index in [1.807, 2.05) is 6.08 Å². The third kappa shape index (κ3) is 1.59. The maximum absolute atomic E-state index is 5.43. The Morgan fingerprint density at radius 2 is 2.70 bits per heavy atom. The Morgan fingerprint density at radius 3 is 3.20 bits per heavy atom. The Hall–Kier alpha value is -0.790. The molecule has 0 bridgehead atoms. The first-order chi connectivity index (χ1) is 4.86. The lowest BCUT2D eigenvalue weighted by atomic mass is 10.3. The predicted molar refractivity (Wildman–Crippen MR) is 42.3 cm³/mol. The van der Waals surface area contributed by atoms with Gasteiger partial charge in [0.25, 0.3) is 0 Å². The summed E-state index contributed by atoms with van der Waals surface area (Å²) in [6, 6.07) is 0. The van der Waals surface area contributed by atoms with Crippen LogP contribution in [0.1, 0.15) is 19.8 Å². The molecule has 0 saturated heterocycles. The SMILES string of the molecule is C=CCC1=NCC(CC)O1. The zero-order valence-corrected chi connectivity index (χ0v) is 6.34. The number of nitrogens with zero attached hydrogens (tertiary/aromatic N) is 1. The molecule has 0 amide bonds. The normalized spacial score (nSPS) is 23.7. The van der Waals surface area contributed by atoms with Crippen molar-refractivity contribution in [2.45, 2.75) is 25.9 Å². The summed E-state index contributed by atoms with van der Waals surface area (Å²) < 4.78 is 5.43. The van der Waals surface area contributed by atoms with E-state index in [1.54, 1.807) is 0 Å². The largest absolute Gasteiger partial charge is 0.476 e. The summed E-state index contributed by atoms with van der Waals surface area (Å²) in [5.41, 5.74) is 0. The second kappa shape index (κ2) is 3.40. The van der Waals surface area contributed by atoms with Crippen LogP contribution in [0.4, 0.5) is 0 Å². The Bertz CT molecular complexity index is 151. The maximum atomic E-state index is 5.43. The standard InChI is InChI=1S/C8H13NO/c1-3-5-8-9-6-7(4-2)10-8/h3,7H,1,4-6H2,2H3. The van der Waals surface area contributed by atoms with Crippen LogP contribution in [0, 0.1) is 0 Å². The van der Waals surface area contributed by atoms with Gasteiger partial charge < -0.3 is 4.74 Å². The van der Waals surface area contributed by atoms with Crippen LogP contribution < -0.4 is 0 Å². The predicted octanol–water partition coefficient (Wildman–Crippen LogP) is 1.77. The van der Waals surface area contributed by atoms with E-state index in [-0.39, 0.29) is 0 Å². The van der Waals surface area contributed by atoms with Gasteiger partial charge in [0.2, 0.25) is 0 Å². The molecule has 0 aromatic heterocycles. The molecule has 1 aliphatic heterocycles. The molecule has 10 heavy (non-hydrogen) atoms. The Morgan fingerprint density at radius 1 is 1.90 bits per heavy atom. The lowest BCUT2D eigenvalue weighted by molar-refractivity contribution is 0.216. The summed E-state index contributed by atoms with van der Waals surface area (Å²) in [5, 5.41) is 0. The van der Waals surface area contributed by atoms with E-state index in [0.717, 1.165) is 25.3 Å². The molecule has 1 unspecified atom stereocenters. The van der Waals surface area contributed by atoms with Gasteiger partial charge in [0.15, 0.2) is 5.90 Å². The molecule has 0 radical (unpaired) electrons. The van der Waals surface area contributed by atoms with Crippen LogP contribution in [0.2, 0.25) is 0 Å². The van der Waals surface area contributed by atoms with Gasteiger partial charge in [-0.25, -0.2) is 0 Å². The van der Waals surface area contributed by atoms with Crippen LogP contribution in [0.3, 0.4) is 0 Å². The van der Waals surface area contributed by atoms with Crippen molar-refractivity contribution in [2.75, 3.05) is 6.54 Å². The van der Waals surface area contributed by atoms with Crippen molar-refractivity contribution in [3.8, 4) is 0 Å². The monoisotopic (exact) mass is 139 g/mol. The van der Waals surface area contributed by atoms with Crippen molar-refractivity contribution in [3.05, 3.63) is 12.7 Å². The van der Waals surface area contributed by atoms with Crippen molar-refractivity contribution in [1.29, 1.82) is 0 Å². The quantitative estimate of drug-likeness (QED) is 0.546. The summed E-state index contributed by atoms with van der Waals surface area (Å²) >= 11 is 0. The van der Waals surface area contributed by atoms with Crippen LogP contribution in [0.15, 0.2) is 17.6 Å². The van der Waals surface area contributed by atoms with Gasteiger partial charge in [0.05, 0.1) is 6.54 Å². The number of ether oxygens (including phenoxy) is 1. The first kappa shape index (κ1) is 7.32. The second-order valence-corrected chi connectivity index (χ2v) is 2.38. The highest BCUT2D eigenvalue weighted by Gasteiger charge is 2.15.